The van der Waals surface area contributed by atoms with Crippen LogP contribution in [0.3, 0.4) is 0 Å². The fourth-order valence-electron chi connectivity index (χ4n) is 3.29. The van der Waals surface area contributed by atoms with Gasteiger partial charge in [-0.25, -0.2) is 0 Å². The van der Waals surface area contributed by atoms with Gasteiger partial charge in [0.15, 0.2) is 0 Å². The Morgan fingerprint density at radius 1 is 1.16 bits per heavy atom. The number of rotatable bonds is 5. The molecule has 2 saturated carbocycles. The molecule has 1 unspecified atom stereocenters. The van der Waals surface area contributed by atoms with Crippen LogP contribution in [0.2, 0.25) is 0 Å². The molecule has 0 radical (unpaired) electrons. The molecule has 3 nitrogen and oxygen atoms in total. The van der Waals surface area contributed by atoms with Crippen molar-refractivity contribution in [1.82, 2.24) is 10.2 Å². The highest BCUT2D eigenvalue weighted by atomic mass is 16.2. The second kappa shape index (κ2) is 5.08. The highest BCUT2D eigenvalue weighted by Gasteiger charge is 2.41. The minimum atomic E-state index is 0.0405. The van der Waals surface area contributed by atoms with Crippen LogP contribution in [0.25, 0.3) is 0 Å². The molecule has 1 atom stereocenters. The Bertz CT molecular complexity index is 331. The van der Waals surface area contributed by atoms with Gasteiger partial charge in [0.2, 0.25) is 5.91 Å². The van der Waals surface area contributed by atoms with E-state index in [1.165, 1.54) is 32.1 Å². The molecule has 3 heteroatoms. The third kappa shape index (κ3) is 3.31. The lowest BCUT2D eigenvalue weighted by Crippen LogP contribution is -2.57. The van der Waals surface area contributed by atoms with Gasteiger partial charge in [-0.2, -0.15) is 0 Å². The third-order valence-electron chi connectivity index (χ3n) is 5.04. The number of hydrogen-bond acceptors (Lipinski definition) is 2. The summed E-state index contributed by atoms with van der Waals surface area (Å²) in [4.78, 5) is 15.1. The van der Waals surface area contributed by atoms with Gasteiger partial charge in [0.1, 0.15) is 0 Å². The molecular formula is C16H28N2O. The van der Waals surface area contributed by atoms with Crippen LogP contribution in [-0.2, 0) is 4.79 Å². The van der Waals surface area contributed by atoms with E-state index in [0.717, 1.165) is 37.9 Å². The lowest BCUT2D eigenvalue weighted by molar-refractivity contribution is -0.138. The van der Waals surface area contributed by atoms with E-state index in [1.54, 1.807) is 0 Å². The van der Waals surface area contributed by atoms with Crippen molar-refractivity contribution >= 4 is 5.91 Å². The summed E-state index contributed by atoms with van der Waals surface area (Å²) in [5.74, 6) is 1.98. The highest BCUT2D eigenvalue weighted by molar-refractivity contribution is 5.83. The van der Waals surface area contributed by atoms with Crippen molar-refractivity contribution in [2.24, 2.45) is 17.3 Å². The minimum absolute atomic E-state index is 0.0405. The molecule has 1 heterocycles. The fraction of sp³-hybridized carbons (Fsp3) is 0.938. The van der Waals surface area contributed by atoms with Crippen LogP contribution >= 0.6 is 0 Å². The largest absolute Gasteiger partial charge is 0.341 e. The Hall–Kier alpha value is -0.570. The maximum Gasteiger partial charge on any atom is 0.240 e. The topological polar surface area (TPSA) is 32.3 Å². The van der Waals surface area contributed by atoms with E-state index in [-0.39, 0.29) is 11.5 Å². The molecule has 19 heavy (non-hydrogen) atoms. The van der Waals surface area contributed by atoms with Gasteiger partial charge in [0.25, 0.3) is 0 Å². The Balaban J connectivity index is 1.66. The normalized spacial score (nSPS) is 30.1. The number of nitrogens with zero attached hydrogens (tertiary/aromatic N) is 1. The van der Waals surface area contributed by atoms with Gasteiger partial charge in [0.05, 0.1) is 6.04 Å². The molecule has 1 amide bonds. The summed E-state index contributed by atoms with van der Waals surface area (Å²) >= 11 is 0. The predicted octanol–water partition coefficient (Wildman–Crippen LogP) is 2.41. The van der Waals surface area contributed by atoms with E-state index in [4.69, 9.17) is 0 Å². The molecule has 3 rings (SSSR count). The zero-order valence-corrected chi connectivity index (χ0v) is 12.5. The van der Waals surface area contributed by atoms with Crippen LogP contribution in [0, 0.1) is 17.3 Å². The predicted molar refractivity (Wildman–Crippen MR) is 76.8 cm³/mol. The molecule has 1 aliphatic heterocycles. The van der Waals surface area contributed by atoms with Crippen LogP contribution in [0.4, 0.5) is 0 Å². The number of piperidine rings is 1. The van der Waals surface area contributed by atoms with Crippen molar-refractivity contribution in [3.63, 3.8) is 0 Å². The lowest BCUT2D eigenvalue weighted by atomic mass is 9.77. The van der Waals surface area contributed by atoms with Crippen molar-refractivity contribution in [1.29, 1.82) is 0 Å². The molecule has 0 aromatic carbocycles. The smallest absolute Gasteiger partial charge is 0.240 e. The zero-order chi connectivity index (χ0) is 13.5. The average molecular weight is 264 g/mol. The Kier molecular flexibility index (Phi) is 3.59. The molecule has 3 fully saturated rings. The van der Waals surface area contributed by atoms with Crippen LogP contribution in [0.5, 0.6) is 0 Å². The summed E-state index contributed by atoms with van der Waals surface area (Å²) in [5, 5.41) is 3.49. The van der Waals surface area contributed by atoms with Gasteiger partial charge in [-0.05, 0) is 62.3 Å². The number of carbonyl (C=O) groups is 1. The van der Waals surface area contributed by atoms with Crippen LogP contribution in [0.1, 0.15) is 52.4 Å². The van der Waals surface area contributed by atoms with Crippen molar-refractivity contribution in [2.45, 2.75) is 58.4 Å². The second-order valence-corrected chi connectivity index (χ2v) is 7.61. The summed E-state index contributed by atoms with van der Waals surface area (Å²) in [6.45, 7) is 7.52. The van der Waals surface area contributed by atoms with E-state index >= 15 is 0 Å². The first kappa shape index (κ1) is 13.4. The third-order valence-corrected chi connectivity index (χ3v) is 5.04. The van der Waals surface area contributed by atoms with Gasteiger partial charge in [0, 0.05) is 13.1 Å². The van der Waals surface area contributed by atoms with Gasteiger partial charge >= 0.3 is 0 Å². The summed E-state index contributed by atoms with van der Waals surface area (Å²) in [6.07, 6.45) is 7.68. The minimum Gasteiger partial charge on any atom is -0.341 e. The second-order valence-electron chi connectivity index (χ2n) is 7.61. The van der Waals surface area contributed by atoms with Gasteiger partial charge in [-0.15, -0.1) is 0 Å². The average Bonchev–Trinajstić information content (AvgIpc) is 3.21. The van der Waals surface area contributed by atoms with Crippen molar-refractivity contribution in [2.75, 3.05) is 19.6 Å². The van der Waals surface area contributed by atoms with Crippen LogP contribution in [-0.4, -0.2) is 36.5 Å². The molecule has 0 spiro atoms. The van der Waals surface area contributed by atoms with Crippen molar-refractivity contribution < 1.29 is 4.79 Å². The number of carbonyl (C=O) groups excluding carboxylic acids is 1. The van der Waals surface area contributed by atoms with Crippen LogP contribution in [0.15, 0.2) is 0 Å². The molecule has 1 saturated heterocycles. The van der Waals surface area contributed by atoms with Gasteiger partial charge in [-0.3, -0.25) is 4.79 Å². The molecule has 0 bridgehead atoms. The summed E-state index contributed by atoms with van der Waals surface area (Å²) in [6, 6.07) is 0.0405. The fourth-order valence-corrected chi connectivity index (χ4v) is 3.29. The maximum absolute atomic E-state index is 12.9. The first-order valence-corrected chi connectivity index (χ1v) is 8.08. The molecule has 3 aliphatic rings. The Morgan fingerprint density at radius 2 is 1.74 bits per heavy atom. The number of nitrogens with one attached hydrogen (secondary N) is 1. The molecular weight excluding hydrogens is 236 g/mol. The zero-order valence-electron chi connectivity index (χ0n) is 12.5. The number of hydrogen-bond donors (Lipinski definition) is 1. The van der Waals surface area contributed by atoms with E-state index in [0.29, 0.717) is 5.91 Å². The highest BCUT2D eigenvalue weighted by Crippen LogP contribution is 2.36. The molecule has 2 aliphatic carbocycles. The monoisotopic (exact) mass is 264 g/mol. The van der Waals surface area contributed by atoms with Crippen molar-refractivity contribution in [3.8, 4) is 0 Å². The molecule has 0 aromatic rings. The first-order chi connectivity index (χ1) is 9.06. The summed E-state index contributed by atoms with van der Waals surface area (Å²) in [5.41, 5.74) is 0.112. The van der Waals surface area contributed by atoms with E-state index in [9.17, 15) is 4.79 Å². The number of amides is 1. The molecule has 108 valence electrons. The molecule has 1 N–H and O–H groups in total. The standard InChI is InChI=1S/C16H28N2O/c1-16(2)8-3-9-17-14(16)15(19)18(10-12-4-5-12)11-13-6-7-13/h12-14,17H,3-11H2,1-2H3. The van der Waals surface area contributed by atoms with Gasteiger partial charge < -0.3 is 10.2 Å². The van der Waals surface area contributed by atoms with Crippen LogP contribution < -0.4 is 5.32 Å². The first-order valence-electron chi connectivity index (χ1n) is 8.08. The molecule has 0 aromatic heterocycles. The van der Waals surface area contributed by atoms with E-state index < -0.39 is 0 Å². The quantitative estimate of drug-likeness (QED) is 0.827. The summed E-state index contributed by atoms with van der Waals surface area (Å²) < 4.78 is 0. The lowest BCUT2D eigenvalue weighted by Gasteiger charge is -2.41. The SMILES string of the molecule is CC1(C)CCCNC1C(=O)N(CC1CC1)CC1CC1. The maximum atomic E-state index is 12.9. The summed E-state index contributed by atoms with van der Waals surface area (Å²) in [7, 11) is 0. The van der Waals surface area contributed by atoms with Crippen molar-refractivity contribution in [3.05, 3.63) is 0 Å². The van der Waals surface area contributed by atoms with E-state index in [1.807, 2.05) is 0 Å². The Labute approximate surface area is 117 Å². The Morgan fingerprint density at radius 3 is 2.21 bits per heavy atom. The van der Waals surface area contributed by atoms with Gasteiger partial charge in [-0.1, -0.05) is 13.8 Å². The van der Waals surface area contributed by atoms with E-state index in [2.05, 4.69) is 24.1 Å².